The molecule has 0 bridgehead atoms. The van der Waals surface area contributed by atoms with E-state index in [-0.39, 0.29) is 18.1 Å². The summed E-state index contributed by atoms with van der Waals surface area (Å²) in [7, 11) is 1.75. The van der Waals surface area contributed by atoms with Crippen molar-refractivity contribution in [2.24, 2.45) is 4.99 Å². The molecule has 0 aliphatic carbocycles. The van der Waals surface area contributed by atoms with Gasteiger partial charge in [0.05, 0.1) is 5.69 Å². The lowest BCUT2D eigenvalue weighted by atomic mass is 10.0. The van der Waals surface area contributed by atoms with E-state index in [0.29, 0.717) is 12.1 Å². The molecule has 0 heterocycles. The van der Waals surface area contributed by atoms with Crippen LogP contribution in [-0.4, -0.2) is 29.3 Å². The summed E-state index contributed by atoms with van der Waals surface area (Å²) in [5.41, 5.74) is 7.33. The van der Waals surface area contributed by atoms with Gasteiger partial charge in [-0.05, 0) is 66.3 Å². The molecule has 3 aromatic rings. The second-order valence-corrected chi connectivity index (χ2v) is 9.44. The van der Waals surface area contributed by atoms with Crippen LogP contribution >= 0.6 is 0 Å². The summed E-state index contributed by atoms with van der Waals surface area (Å²) in [5, 5.41) is 0. The zero-order valence-corrected chi connectivity index (χ0v) is 22.3. The zero-order valence-electron chi connectivity index (χ0n) is 22.3. The molecule has 0 aromatic heterocycles. The van der Waals surface area contributed by atoms with E-state index in [4.69, 9.17) is 0 Å². The number of allylic oxidation sites excluding steroid dienone is 2. The molecule has 0 saturated heterocycles. The van der Waals surface area contributed by atoms with Gasteiger partial charge < -0.3 is 4.90 Å². The molecule has 0 N–H and O–H groups in total. The van der Waals surface area contributed by atoms with Crippen molar-refractivity contribution in [1.29, 1.82) is 0 Å². The predicted octanol–water partition coefficient (Wildman–Crippen LogP) is 7.54. The van der Waals surface area contributed by atoms with Crippen LogP contribution in [0.3, 0.4) is 0 Å². The van der Waals surface area contributed by atoms with Gasteiger partial charge in [0, 0.05) is 37.4 Å². The van der Waals surface area contributed by atoms with Crippen LogP contribution in [0, 0.1) is 6.92 Å². The third-order valence-electron chi connectivity index (χ3n) is 6.15. The van der Waals surface area contributed by atoms with Gasteiger partial charge in [0.1, 0.15) is 0 Å². The number of carbonyl (C=O) groups excluding carboxylic acids is 2. The molecular weight excluding hydrogens is 456 g/mol. The maximum atomic E-state index is 12.9. The highest BCUT2D eigenvalue weighted by Crippen LogP contribution is 2.19. The first-order valence-electron chi connectivity index (χ1n) is 12.7. The van der Waals surface area contributed by atoms with Gasteiger partial charge in [-0.1, -0.05) is 80.6 Å². The zero-order chi connectivity index (χ0) is 26.8. The second kappa shape index (κ2) is 13.3. The monoisotopic (exact) mass is 492 g/mol. The SMILES string of the molecule is C=C(/C=C\C(=O)N(C)Cc1cccc(C(=O)C/C(C)=N/c2ccccc2C)c1)c1cccc(CCC)c1. The molecule has 0 spiro atoms. The highest BCUT2D eigenvalue weighted by molar-refractivity contribution is 6.09. The Morgan fingerprint density at radius 1 is 0.919 bits per heavy atom. The number of benzene rings is 3. The lowest BCUT2D eigenvalue weighted by molar-refractivity contribution is -0.125. The number of amides is 1. The molecule has 3 aromatic carbocycles. The van der Waals surface area contributed by atoms with Crippen LogP contribution in [0.4, 0.5) is 5.69 Å². The quantitative estimate of drug-likeness (QED) is 0.120. The summed E-state index contributed by atoms with van der Waals surface area (Å²) in [6.45, 7) is 10.6. The van der Waals surface area contributed by atoms with Crippen LogP contribution in [0.1, 0.15) is 59.3 Å². The molecule has 0 unspecified atom stereocenters. The molecule has 0 saturated carbocycles. The maximum absolute atomic E-state index is 12.9. The number of rotatable bonds is 11. The number of para-hydroxylation sites is 1. The number of nitrogens with zero attached hydrogens (tertiary/aromatic N) is 2. The van der Waals surface area contributed by atoms with E-state index < -0.39 is 0 Å². The number of aryl methyl sites for hydroxylation is 2. The lowest BCUT2D eigenvalue weighted by Crippen LogP contribution is -2.24. The fourth-order valence-corrected chi connectivity index (χ4v) is 4.07. The van der Waals surface area contributed by atoms with Gasteiger partial charge in [-0.3, -0.25) is 14.6 Å². The number of Topliss-reactive ketones (excluding diaryl/α,β-unsaturated/α-hetero) is 1. The van der Waals surface area contributed by atoms with Crippen LogP contribution in [0.2, 0.25) is 0 Å². The number of hydrogen-bond donors (Lipinski definition) is 0. The van der Waals surface area contributed by atoms with Gasteiger partial charge in [0.2, 0.25) is 5.91 Å². The van der Waals surface area contributed by atoms with Crippen LogP contribution in [-0.2, 0) is 17.8 Å². The first-order valence-corrected chi connectivity index (χ1v) is 12.7. The van der Waals surface area contributed by atoms with Crippen molar-refractivity contribution < 1.29 is 9.59 Å². The average Bonchev–Trinajstić information content (AvgIpc) is 2.88. The Morgan fingerprint density at radius 2 is 1.59 bits per heavy atom. The number of likely N-dealkylation sites (N-methyl/N-ethyl adjacent to an activating group) is 1. The predicted molar refractivity (Wildman–Crippen MR) is 154 cm³/mol. The van der Waals surface area contributed by atoms with Gasteiger partial charge in [-0.25, -0.2) is 0 Å². The van der Waals surface area contributed by atoms with E-state index >= 15 is 0 Å². The van der Waals surface area contributed by atoms with E-state index in [9.17, 15) is 9.59 Å². The fourth-order valence-electron chi connectivity index (χ4n) is 4.07. The molecule has 4 heteroatoms. The molecule has 0 aliphatic heterocycles. The lowest BCUT2D eigenvalue weighted by Gasteiger charge is -2.16. The number of hydrogen-bond acceptors (Lipinski definition) is 3. The summed E-state index contributed by atoms with van der Waals surface area (Å²) < 4.78 is 0. The summed E-state index contributed by atoms with van der Waals surface area (Å²) >= 11 is 0. The Hall–Kier alpha value is -4.05. The fraction of sp³-hybridized carbons (Fsp3) is 0.242. The van der Waals surface area contributed by atoms with Gasteiger partial charge >= 0.3 is 0 Å². The van der Waals surface area contributed by atoms with E-state index in [1.165, 1.54) is 5.56 Å². The number of ketones is 1. The highest BCUT2D eigenvalue weighted by atomic mass is 16.2. The second-order valence-electron chi connectivity index (χ2n) is 9.44. The molecule has 0 radical (unpaired) electrons. The van der Waals surface area contributed by atoms with E-state index in [2.05, 4.69) is 30.6 Å². The summed E-state index contributed by atoms with van der Waals surface area (Å²) in [6, 6.07) is 23.6. The number of aliphatic imine (C=N–C) groups is 1. The van der Waals surface area contributed by atoms with Crippen LogP contribution < -0.4 is 0 Å². The summed E-state index contributed by atoms with van der Waals surface area (Å²) in [5.74, 6) is -0.115. The average molecular weight is 493 g/mol. The molecule has 4 nitrogen and oxygen atoms in total. The Labute approximate surface area is 221 Å². The van der Waals surface area contributed by atoms with Gasteiger partial charge in [-0.2, -0.15) is 0 Å². The normalized spacial score (nSPS) is 11.5. The van der Waals surface area contributed by atoms with Gasteiger partial charge in [-0.15, -0.1) is 0 Å². The Bertz CT molecular complexity index is 1330. The minimum Gasteiger partial charge on any atom is -0.338 e. The minimum absolute atomic E-state index is 0.00663. The van der Waals surface area contributed by atoms with Crippen LogP contribution in [0.5, 0.6) is 0 Å². The van der Waals surface area contributed by atoms with Crippen molar-refractivity contribution in [3.63, 3.8) is 0 Å². The first kappa shape index (κ1) is 27.5. The molecular formula is C33H36N2O2. The Balaban J connectivity index is 1.60. The molecule has 37 heavy (non-hydrogen) atoms. The van der Waals surface area contributed by atoms with Crippen molar-refractivity contribution in [3.05, 3.63) is 119 Å². The van der Waals surface area contributed by atoms with Crippen molar-refractivity contribution in [2.45, 2.75) is 46.6 Å². The summed E-state index contributed by atoms with van der Waals surface area (Å²) in [6.07, 6.45) is 5.67. The standard InChI is InChI=1S/C33H36N2O2/c1-6-11-27-13-9-15-29(21-27)24(2)18-19-33(37)35(5)23-28-14-10-16-30(22-28)32(36)20-26(4)34-31-17-8-7-12-25(31)3/h7-10,12-19,21-22H,2,6,11,20,23H2,1,3-5H3/b19-18-,34-26+. The van der Waals surface area contributed by atoms with Gasteiger partial charge in [0.25, 0.3) is 0 Å². The van der Waals surface area contributed by atoms with Crippen LogP contribution in [0.15, 0.2) is 96.5 Å². The Kier molecular flexibility index (Phi) is 9.91. The van der Waals surface area contributed by atoms with Crippen molar-refractivity contribution in [1.82, 2.24) is 4.90 Å². The highest BCUT2D eigenvalue weighted by Gasteiger charge is 2.11. The Morgan fingerprint density at radius 3 is 2.32 bits per heavy atom. The topological polar surface area (TPSA) is 49.7 Å². The minimum atomic E-state index is -0.121. The van der Waals surface area contributed by atoms with E-state index in [1.807, 2.05) is 74.5 Å². The molecule has 3 rings (SSSR count). The van der Waals surface area contributed by atoms with E-state index in [0.717, 1.165) is 46.5 Å². The summed E-state index contributed by atoms with van der Waals surface area (Å²) in [4.78, 5) is 31.9. The molecule has 0 fully saturated rings. The van der Waals surface area contributed by atoms with Crippen molar-refractivity contribution >= 4 is 28.7 Å². The largest absolute Gasteiger partial charge is 0.338 e. The van der Waals surface area contributed by atoms with Crippen LogP contribution in [0.25, 0.3) is 5.57 Å². The maximum Gasteiger partial charge on any atom is 0.246 e. The number of carbonyl (C=O) groups is 2. The molecule has 0 aliphatic rings. The van der Waals surface area contributed by atoms with Crippen molar-refractivity contribution in [2.75, 3.05) is 7.05 Å². The van der Waals surface area contributed by atoms with Gasteiger partial charge in [0.15, 0.2) is 5.78 Å². The molecule has 190 valence electrons. The molecule has 1 amide bonds. The first-order chi connectivity index (χ1) is 17.8. The molecule has 0 atom stereocenters. The smallest absolute Gasteiger partial charge is 0.246 e. The third-order valence-corrected chi connectivity index (χ3v) is 6.15. The van der Waals surface area contributed by atoms with Crippen molar-refractivity contribution in [3.8, 4) is 0 Å². The van der Waals surface area contributed by atoms with E-state index in [1.54, 1.807) is 24.1 Å². The third kappa shape index (κ3) is 8.25.